The quantitative estimate of drug-likeness (QED) is 0.223. The van der Waals surface area contributed by atoms with Gasteiger partial charge in [-0.25, -0.2) is 9.67 Å². The zero-order valence-electron chi connectivity index (χ0n) is 19.8. The first-order valence-electron chi connectivity index (χ1n) is 11.3. The van der Waals surface area contributed by atoms with Crippen LogP contribution in [0, 0.1) is 13.8 Å². The molecule has 0 bridgehead atoms. The molecular formula is C28H20Cl2F3N3O. The maximum Gasteiger partial charge on any atom is 0.417 e. The molecule has 5 aromatic rings. The lowest BCUT2D eigenvalue weighted by Gasteiger charge is -2.12. The van der Waals surface area contributed by atoms with Crippen LogP contribution in [0.2, 0.25) is 10.0 Å². The molecule has 0 aliphatic heterocycles. The number of ether oxygens (including phenoxy) is 1. The summed E-state index contributed by atoms with van der Waals surface area (Å²) < 4.78 is 49.7. The van der Waals surface area contributed by atoms with Crippen molar-refractivity contribution in [2.24, 2.45) is 0 Å². The molecule has 0 saturated heterocycles. The fraction of sp³-hybridized carbons (Fsp3) is 0.143. The van der Waals surface area contributed by atoms with Crippen molar-refractivity contribution in [3.63, 3.8) is 0 Å². The molecule has 3 aromatic carbocycles. The highest BCUT2D eigenvalue weighted by atomic mass is 35.5. The third-order valence-corrected chi connectivity index (χ3v) is 6.64. The van der Waals surface area contributed by atoms with Crippen LogP contribution in [0.4, 0.5) is 13.2 Å². The minimum absolute atomic E-state index is 0.0690. The molecule has 0 spiro atoms. The maximum absolute atomic E-state index is 14.2. The molecule has 0 unspecified atom stereocenters. The number of fused-ring (bicyclic) bond motifs is 1. The number of benzene rings is 3. The van der Waals surface area contributed by atoms with Crippen LogP contribution in [0.5, 0.6) is 5.75 Å². The van der Waals surface area contributed by atoms with Crippen molar-refractivity contribution < 1.29 is 17.9 Å². The molecule has 0 amide bonds. The second kappa shape index (κ2) is 9.72. The first kappa shape index (κ1) is 25.1. The number of aromatic nitrogens is 3. The van der Waals surface area contributed by atoms with E-state index >= 15 is 0 Å². The van der Waals surface area contributed by atoms with E-state index in [0.717, 1.165) is 17.2 Å². The zero-order chi connectivity index (χ0) is 26.3. The molecule has 0 atom stereocenters. The molecule has 0 fully saturated rings. The summed E-state index contributed by atoms with van der Waals surface area (Å²) in [6.07, 6.45) is -4.61. The van der Waals surface area contributed by atoms with E-state index in [2.05, 4.69) is 10.1 Å². The predicted molar refractivity (Wildman–Crippen MR) is 140 cm³/mol. The molecule has 9 heteroatoms. The standard InChI is InChI=1S/C28H20Cl2F3N3O/c1-16-4-3-5-18(12-16)15-37-21-9-6-19(7-10-21)25-14-22(28(31,32)33)26-17(2)35-36(27(26)34-25)20-8-11-23(29)24(30)13-20/h3-14H,15H2,1-2H3. The molecular weight excluding hydrogens is 522 g/mol. The first-order chi connectivity index (χ1) is 17.6. The van der Waals surface area contributed by atoms with Crippen LogP contribution >= 0.6 is 23.2 Å². The predicted octanol–water partition coefficient (Wildman–Crippen LogP) is 8.61. The number of rotatable bonds is 5. The fourth-order valence-corrected chi connectivity index (χ4v) is 4.44. The average Bonchev–Trinajstić information content (AvgIpc) is 3.20. The summed E-state index contributed by atoms with van der Waals surface area (Å²) in [5.41, 5.74) is 2.74. The van der Waals surface area contributed by atoms with E-state index in [9.17, 15) is 13.2 Å². The minimum Gasteiger partial charge on any atom is -0.489 e. The van der Waals surface area contributed by atoms with Crippen molar-refractivity contribution >= 4 is 34.2 Å². The van der Waals surface area contributed by atoms with Gasteiger partial charge in [0.25, 0.3) is 0 Å². The Balaban J connectivity index is 1.55. The Morgan fingerprint density at radius 1 is 0.892 bits per heavy atom. The molecule has 5 rings (SSSR count). The van der Waals surface area contributed by atoms with Gasteiger partial charge in [-0.3, -0.25) is 0 Å². The van der Waals surface area contributed by atoms with E-state index in [-0.39, 0.29) is 27.4 Å². The van der Waals surface area contributed by atoms with Gasteiger partial charge in [0.2, 0.25) is 0 Å². The molecule has 37 heavy (non-hydrogen) atoms. The molecule has 0 aliphatic carbocycles. The summed E-state index contributed by atoms with van der Waals surface area (Å²) in [5.74, 6) is 0.596. The SMILES string of the molecule is Cc1cccc(COc2ccc(-c3cc(C(F)(F)F)c4c(C)nn(-c5ccc(Cl)c(Cl)c5)c4n3)cc2)c1. The number of hydrogen-bond acceptors (Lipinski definition) is 3. The van der Waals surface area contributed by atoms with Crippen molar-refractivity contribution in [1.82, 2.24) is 14.8 Å². The number of halogens is 5. The van der Waals surface area contributed by atoms with Crippen LogP contribution in [0.1, 0.15) is 22.4 Å². The van der Waals surface area contributed by atoms with Gasteiger partial charge in [-0.1, -0.05) is 53.0 Å². The third-order valence-electron chi connectivity index (χ3n) is 5.90. The Bertz CT molecular complexity index is 1610. The highest BCUT2D eigenvalue weighted by molar-refractivity contribution is 6.42. The van der Waals surface area contributed by atoms with Gasteiger partial charge < -0.3 is 4.74 Å². The van der Waals surface area contributed by atoms with Crippen LogP contribution in [0.25, 0.3) is 28.0 Å². The Labute approximate surface area is 221 Å². The smallest absolute Gasteiger partial charge is 0.417 e. The summed E-state index contributed by atoms with van der Waals surface area (Å²) in [7, 11) is 0. The Kier molecular flexibility index (Phi) is 6.60. The van der Waals surface area contributed by atoms with Gasteiger partial charge in [0.05, 0.1) is 38.1 Å². The van der Waals surface area contributed by atoms with E-state index in [1.807, 2.05) is 31.2 Å². The zero-order valence-corrected chi connectivity index (χ0v) is 21.3. The van der Waals surface area contributed by atoms with E-state index in [1.54, 1.807) is 36.4 Å². The van der Waals surface area contributed by atoms with Crippen molar-refractivity contribution in [2.45, 2.75) is 26.6 Å². The molecule has 0 aliphatic rings. The fourth-order valence-electron chi connectivity index (χ4n) is 4.15. The van der Waals surface area contributed by atoms with Crippen molar-refractivity contribution in [3.8, 4) is 22.7 Å². The van der Waals surface area contributed by atoms with Gasteiger partial charge in [-0.2, -0.15) is 18.3 Å². The molecule has 188 valence electrons. The first-order valence-corrected chi connectivity index (χ1v) is 12.1. The second-order valence-corrected chi connectivity index (χ2v) is 9.46. The molecule has 2 heterocycles. The summed E-state index contributed by atoms with van der Waals surface area (Å²) in [6, 6.07) is 20.6. The third kappa shape index (κ3) is 5.15. The van der Waals surface area contributed by atoms with E-state index in [4.69, 9.17) is 27.9 Å². The van der Waals surface area contributed by atoms with Gasteiger partial charge in [-0.05, 0) is 67.9 Å². The molecule has 0 radical (unpaired) electrons. The monoisotopic (exact) mass is 541 g/mol. The van der Waals surface area contributed by atoms with Crippen LogP contribution in [0.3, 0.4) is 0 Å². The van der Waals surface area contributed by atoms with Gasteiger partial charge >= 0.3 is 6.18 Å². The van der Waals surface area contributed by atoms with Crippen LogP contribution in [-0.4, -0.2) is 14.8 Å². The highest BCUT2D eigenvalue weighted by Crippen LogP contribution is 2.39. The number of pyridine rings is 1. The van der Waals surface area contributed by atoms with Crippen molar-refractivity contribution in [2.75, 3.05) is 0 Å². The maximum atomic E-state index is 14.2. The largest absolute Gasteiger partial charge is 0.489 e. The number of alkyl halides is 3. The number of nitrogens with zero attached hydrogens (tertiary/aromatic N) is 3. The summed E-state index contributed by atoms with van der Waals surface area (Å²) in [5, 5.41) is 4.86. The highest BCUT2D eigenvalue weighted by Gasteiger charge is 2.36. The number of aryl methyl sites for hydroxylation is 2. The van der Waals surface area contributed by atoms with E-state index < -0.39 is 11.7 Å². The summed E-state index contributed by atoms with van der Waals surface area (Å²) >= 11 is 12.2. The molecule has 0 N–H and O–H groups in total. The Hall–Kier alpha value is -3.55. The lowest BCUT2D eigenvalue weighted by atomic mass is 10.0. The topological polar surface area (TPSA) is 39.9 Å². The van der Waals surface area contributed by atoms with E-state index in [1.165, 1.54) is 17.7 Å². The molecule has 2 aromatic heterocycles. The lowest BCUT2D eigenvalue weighted by Crippen LogP contribution is -2.08. The van der Waals surface area contributed by atoms with Crippen molar-refractivity contribution in [3.05, 3.63) is 105 Å². The van der Waals surface area contributed by atoms with Gasteiger partial charge in [0.1, 0.15) is 12.4 Å². The number of hydrogen-bond donors (Lipinski definition) is 0. The van der Waals surface area contributed by atoms with Crippen LogP contribution < -0.4 is 4.74 Å². The average molecular weight is 542 g/mol. The minimum atomic E-state index is -4.61. The second-order valence-electron chi connectivity index (χ2n) is 8.65. The Morgan fingerprint density at radius 2 is 1.65 bits per heavy atom. The van der Waals surface area contributed by atoms with Gasteiger partial charge in [0, 0.05) is 5.56 Å². The Morgan fingerprint density at radius 3 is 2.32 bits per heavy atom. The van der Waals surface area contributed by atoms with E-state index in [0.29, 0.717) is 28.6 Å². The van der Waals surface area contributed by atoms with Crippen LogP contribution in [-0.2, 0) is 12.8 Å². The summed E-state index contributed by atoms with van der Waals surface area (Å²) in [6.45, 7) is 3.91. The van der Waals surface area contributed by atoms with Crippen LogP contribution in [0.15, 0.2) is 72.8 Å². The van der Waals surface area contributed by atoms with Gasteiger partial charge in [0.15, 0.2) is 5.65 Å². The molecule has 4 nitrogen and oxygen atoms in total. The summed E-state index contributed by atoms with van der Waals surface area (Å²) in [4.78, 5) is 4.59. The lowest BCUT2D eigenvalue weighted by molar-refractivity contribution is -0.136. The molecule has 0 saturated carbocycles. The normalized spacial score (nSPS) is 11.8. The van der Waals surface area contributed by atoms with Gasteiger partial charge in [-0.15, -0.1) is 0 Å². The van der Waals surface area contributed by atoms with Crippen molar-refractivity contribution in [1.29, 1.82) is 0 Å².